The summed E-state index contributed by atoms with van der Waals surface area (Å²) in [4.78, 5) is 33.6. The summed E-state index contributed by atoms with van der Waals surface area (Å²) in [6.45, 7) is 5.39. The number of carbonyl (C=O) groups is 1. The Hall–Kier alpha value is -3.00. The third kappa shape index (κ3) is 3.55. The number of H-pyrrole nitrogens is 1. The average Bonchev–Trinajstić information content (AvgIpc) is 3.04. The first-order valence-electron chi connectivity index (χ1n) is 8.62. The molecule has 0 aliphatic heterocycles. The maximum absolute atomic E-state index is 13.4. The van der Waals surface area contributed by atoms with E-state index in [-0.39, 0.29) is 22.1 Å². The van der Waals surface area contributed by atoms with Crippen LogP contribution in [-0.4, -0.2) is 32.7 Å². The lowest BCUT2D eigenvalue weighted by Gasteiger charge is -2.18. The number of carbonyl (C=O) groups excluding carboxylic acids is 1. The summed E-state index contributed by atoms with van der Waals surface area (Å²) in [5, 5.41) is 4.21. The fourth-order valence-electron chi connectivity index (χ4n) is 2.92. The van der Waals surface area contributed by atoms with E-state index in [0.29, 0.717) is 29.2 Å². The highest BCUT2D eigenvalue weighted by Gasteiger charge is 2.21. The van der Waals surface area contributed by atoms with E-state index in [1.807, 2.05) is 6.92 Å². The van der Waals surface area contributed by atoms with E-state index in [1.165, 1.54) is 21.7 Å². The summed E-state index contributed by atoms with van der Waals surface area (Å²) >= 11 is 5.79. The highest BCUT2D eigenvalue weighted by molar-refractivity contribution is 6.31. The molecule has 7 nitrogen and oxygen atoms in total. The van der Waals surface area contributed by atoms with Gasteiger partial charge >= 0.3 is 0 Å². The first-order valence-corrected chi connectivity index (χ1v) is 9.00. The number of benzene rings is 1. The molecule has 0 aliphatic rings. The molecule has 1 N–H and O–H groups in total. The molecule has 2 heterocycles. The number of anilines is 1. The number of nitrogens with one attached hydrogen (secondary N) is 1. The molecule has 0 aliphatic carbocycles. The van der Waals surface area contributed by atoms with Crippen molar-refractivity contribution in [2.75, 3.05) is 11.9 Å². The van der Waals surface area contributed by atoms with Gasteiger partial charge in [0.1, 0.15) is 11.6 Å². The van der Waals surface area contributed by atoms with Crippen LogP contribution in [0.2, 0.25) is 5.02 Å². The van der Waals surface area contributed by atoms with Crippen LogP contribution in [0.1, 0.15) is 34.2 Å². The zero-order chi connectivity index (χ0) is 20.6. The van der Waals surface area contributed by atoms with Crippen LogP contribution in [-0.2, 0) is 6.42 Å². The number of aromatic amines is 1. The maximum atomic E-state index is 13.4. The lowest BCUT2D eigenvalue weighted by molar-refractivity contribution is 0.0991. The zero-order valence-electron chi connectivity index (χ0n) is 15.9. The highest BCUT2D eigenvalue weighted by atomic mass is 35.5. The summed E-state index contributed by atoms with van der Waals surface area (Å²) in [6.07, 6.45) is 0.559. The van der Waals surface area contributed by atoms with Crippen molar-refractivity contribution in [3.63, 3.8) is 0 Å². The van der Waals surface area contributed by atoms with Crippen molar-refractivity contribution in [3.05, 3.63) is 68.0 Å². The number of amides is 1. The van der Waals surface area contributed by atoms with Gasteiger partial charge in [0.25, 0.3) is 11.5 Å². The van der Waals surface area contributed by atoms with Crippen LogP contribution in [0.3, 0.4) is 0 Å². The van der Waals surface area contributed by atoms with Crippen molar-refractivity contribution >= 4 is 23.3 Å². The van der Waals surface area contributed by atoms with Crippen LogP contribution in [0, 0.1) is 19.7 Å². The number of nitrogens with zero attached hydrogens (tertiary/aromatic N) is 4. The smallest absolute Gasteiger partial charge is 0.259 e. The first kappa shape index (κ1) is 19.8. The Balaban J connectivity index is 2.06. The van der Waals surface area contributed by atoms with E-state index >= 15 is 0 Å². The fraction of sp³-hybridized carbons (Fsp3) is 0.263. The predicted octanol–water partition coefficient (Wildman–Crippen LogP) is 3.20. The zero-order valence-corrected chi connectivity index (χ0v) is 16.6. The van der Waals surface area contributed by atoms with Gasteiger partial charge in [0.15, 0.2) is 0 Å². The molecule has 0 bridgehead atoms. The maximum Gasteiger partial charge on any atom is 0.259 e. The number of halogens is 2. The quantitative estimate of drug-likeness (QED) is 0.725. The number of rotatable bonds is 4. The Morgan fingerprint density at radius 3 is 2.64 bits per heavy atom. The Morgan fingerprint density at radius 1 is 1.32 bits per heavy atom. The van der Waals surface area contributed by atoms with Gasteiger partial charge in [0.05, 0.1) is 10.7 Å². The molecular formula is C19H19ClFN5O2. The summed E-state index contributed by atoms with van der Waals surface area (Å²) in [5.41, 5.74) is 1.80. The van der Waals surface area contributed by atoms with Gasteiger partial charge in [-0.1, -0.05) is 18.5 Å². The molecule has 2 aromatic heterocycles. The largest absolute Gasteiger partial charge is 0.296 e. The van der Waals surface area contributed by atoms with Crippen LogP contribution >= 0.6 is 11.6 Å². The molecule has 0 fully saturated rings. The third-order valence-corrected chi connectivity index (χ3v) is 4.68. The van der Waals surface area contributed by atoms with Gasteiger partial charge in [0, 0.05) is 29.9 Å². The number of aromatic nitrogens is 4. The van der Waals surface area contributed by atoms with Crippen molar-refractivity contribution in [1.29, 1.82) is 0 Å². The predicted molar refractivity (Wildman–Crippen MR) is 105 cm³/mol. The van der Waals surface area contributed by atoms with Gasteiger partial charge in [0.2, 0.25) is 5.95 Å². The van der Waals surface area contributed by atoms with Crippen molar-refractivity contribution in [3.8, 4) is 5.95 Å². The molecular weight excluding hydrogens is 385 g/mol. The molecule has 146 valence electrons. The lowest BCUT2D eigenvalue weighted by Crippen LogP contribution is -2.29. The topological polar surface area (TPSA) is 83.9 Å². The van der Waals surface area contributed by atoms with Crippen molar-refractivity contribution in [2.45, 2.75) is 27.2 Å². The Morgan fingerprint density at radius 2 is 2.04 bits per heavy atom. The van der Waals surface area contributed by atoms with Gasteiger partial charge < -0.3 is 0 Å². The molecule has 0 radical (unpaired) electrons. The average molecular weight is 404 g/mol. The van der Waals surface area contributed by atoms with Crippen LogP contribution in [0.4, 0.5) is 10.2 Å². The van der Waals surface area contributed by atoms with Gasteiger partial charge in [-0.3, -0.25) is 19.5 Å². The monoisotopic (exact) mass is 403 g/mol. The number of hydrogen-bond donors (Lipinski definition) is 1. The molecule has 3 aromatic rings. The Bertz CT molecular complexity index is 1120. The standard InChI is InChI=1S/C19H19ClFN5O2/c1-5-13-11(3)22-19(23-17(13)27)26-16(8-10(2)24-26)25(4)18(28)12-6-7-15(21)14(20)9-12/h6-9H,5H2,1-4H3,(H,22,23,27). The van der Waals surface area contributed by atoms with Gasteiger partial charge in [-0.05, 0) is 38.5 Å². The molecule has 0 unspecified atom stereocenters. The molecule has 0 spiro atoms. The van der Waals surface area contributed by atoms with E-state index in [0.717, 1.165) is 6.07 Å². The van der Waals surface area contributed by atoms with E-state index < -0.39 is 11.7 Å². The summed E-state index contributed by atoms with van der Waals surface area (Å²) < 4.78 is 14.8. The molecule has 1 aromatic carbocycles. The molecule has 0 saturated heterocycles. The van der Waals surface area contributed by atoms with Gasteiger partial charge in [-0.15, -0.1) is 0 Å². The summed E-state index contributed by atoms with van der Waals surface area (Å²) in [7, 11) is 1.55. The molecule has 3 rings (SSSR count). The van der Waals surface area contributed by atoms with Crippen molar-refractivity contribution < 1.29 is 9.18 Å². The van der Waals surface area contributed by atoms with Crippen molar-refractivity contribution in [1.82, 2.24) is 19.7 Å². The first-order chi connectivity index (χ1) is 13.2. The number of hydrogen-bond acceptors (Lipinski definition) is 4. The van der Waals surface area contributed by atoms with E-state index in [9.17, 15) is 14.0 Å². The Kier molecular flexibility index (Phi) is 5.33. The lowest BCUT2D eigenvalue weighted by atomic mass is 10.2. The minimum atomic E-state index is -0.602. The summed E-state index contributed by atoms with van der Waals surface area (Å²) in [6, 6.07) is 5.45. The molecule has 9 heteroatoms. The highest BCUT2D eigenvalue weighted by Crippen LogP contribution is 2.22. The Labute approximate surface area is 165 Å². The second-order valence-electron chi connectivity index (χ2n) is 6.36. The second kappa shape index (κ2) is 7.55. The van der Waals surface area contributed by atoms with Gasteiger partial charge in [-0.2, -0.15) is 9.78 Å². The van der Waals surface area contributed by atoms with Gasteiger partial charge in [-0.25, -0.2) is 9.37 Å². The minimum Gasteiger partial charge on any atom is -0.296 e. The van der Waals surface area contributed by atoms with Crippen LogP contribution in [0.25, 0.3) is 5.95 Å². The van der Waals surface area contributed by atoms with Crippen molar-refractivity contribution in [2.24, 2.45) is 0 Å². The second-order valence-corrected chi connectivity index (χ2v) is 6.76. The fourth-order valence-corrected chi connectivity index (χ4v) is 3.10. The van der Waals surface area contributed by atoms with Crippen LogP contribution in [0.5, 0.6) is 0 Å². The van der Waals surface area contributed by atoms with E-state index in [2.05, 4.69) is 15.1 Å². The molecule has 0 saturated carbocycles. The molecule has 28 heavy (non-hydrogen) atoms. The van der Waals surface area contributed by atoms with E-state index in [4.69, 9.17) is 11.6 Å². The molecule has 0 atom stereocenters. The van der Waals surface area contributed by atoms with Crippen LogP contribution < -0.4 is 10.5 Å². The number of aryl methyl sites for hydroxylation is 2. The van der Waals surface area contributed by atoms with Crippen LogP contribution in [0.15, 0.2) is 29.1 Å². The SMILES string of the molecule is CCc1c(C)nc(-n2nc(C)cc2N(C)C(=O)c2ccc(F)c(Cl)c2)[nH]c1=O. The molecule has 1 amide bonds. The van der Waals surface area contributed by atoms with E-state index in [1.54, 1.807) is 27.0 Å². The normalized spacial score (nSPS) is 10.9. The third-order valence-electron chi connectivity index (χ3n) is 4.39. The minimum absolute atomic E-state index is 0.138. The summed E-state index contributed by atoms with van der Waals surface area (Å²) in [5.74, 6) is -0.406.